The van der Waals surface area contributed by atoms with E-state index in [1.165, 1.54) is 12.1 Å². The molecule has 8 heteroatoms. The summed E-state index contributed by atoms with van der Waals surface area (Å²) >= 11 is 0. The number of amides is 1. The summed E-state index contributed by atoms with van der Waals surface area (Å²) in [5.41, 5.74) is 1.57. The number of aromatic amines is 1. The van der Waals surface area contributed by atoms with Crippen LogP contribution in [0, 0.1) is 19.7 Å². The Morgan fingerprint density at radius 1 is 1.18 bits per heavy atom. The van der Waals surface area contributed by atoms with Gasteiger partial charge >= 0.3 is 0 Å². The summed E-state index contributed by atoms with van der Waals surface area (Å²) in [5, 5.41) is 12.1. The van der Waals surface area contributed by atoms with E-state index in [0.717, 1.165) is 35.7 Å². The van der Waals surface area contributed by atoms with E-state index in [1.54, 1.807) is 24.1 Å². The van der Waals surface area contributed by atoms with Gasteiger partial charge in [-0.05, 0) is 62.4 Å². The zero-order valence-electron chi connectivity index (χ0n) is 18.6. The maximum atomic E-state index is 15.3. The topological polar surface area (TPSA) is 86.8 Å². The Hall–Kier alpha value is -3.65. The summed E-state index contributed by atoms with van der Waals surface area (Å²) in [6.45, 7) is 5.29. The van der Waals surface area contributed by atoms with E-state index in [1.807, 2.05) is 31.2 Å². The molecule has 0 saturated carbocycles. The summed E-state index contributed by atoms with van der Waals surface area (Å²) in [6, 6.07) is 12.3. The molecule has 33 heavy (non-hydrogen) atoms. The predicted octanol–water partition coefficient (Wildman–Crippen LogP) is 4.17. The van der Waals surface area contributed by atoms with Crippen molar-refractivity contribution in [3.8, 4) is 11.4 Å². The van der Waals surface area contributed by atoms with E-state index < -0.39 is 11.7 Å². The molecule has 1 fully saturated rings. The Morgan fingerprint density at radius 3 is 2.79 bits per heavy atom. The molecule has 1 atom stereocenters. The molecule has 3 heterocycles. The molecule has 1 aliphatic rings. The number of benzene rings is 2. The number of pyridine rings is 1. The van der Waals surface area contributed by atoms with Crippen molar-refractivity contribution < 1.29 is 9.18 Å². The molecule has 4 aromatic rings. The van der Waals surface area contributed by atoms with Gasteiger partial charge < -0.3 is 5.32 Å². The molecule has 0 aliphatic carbocycles. The zero-order chi connectivity index (χ0) is 22.9. The third-order valence-corrected chi connectivity index (χ3v) is 6.13. The number of piperidine rings is 1. The number of carbonyl (C=O) groups excluding carboxylic acids is 1. The molecule has 0 spiro atoms. The highest BCUT2D eigenvalue weighted by atomic mass is 19.1. The van der Waals surface area contributed by atoms with Gasteiger partial charge in [-0.2, -0.15) is 5.10 Å². The lowest BCUT2D eigenvalue weighted by atomic mass is 10.0. The van der Waals surface area contributed by atoms with Gasteiger partial charge in [0.25, 0.3) is 5.91 Å². The third kappa shape index (κ3) is 3.98. The standard InChI is InChI=1S/C25H25FN6O/c1-15-5-3-6-17-10-12-28-24(22(15)17)32(19-7-4-11-27-14-19)25(33)20-9-8-18(13-21(20)26)23-29-16(2)30-31-23/h3,5-6,8-10,12-13,19,27H,4,7,11,14H2,1-2H3,(H,29,30,31)/t19-/m1/s1. The van der Waals surface area contributed by atoms with Gasteiger partial charge in [-0.3, -0.25) is 14.8 Å². The monoisotopic (exact) mass is 444 g/mol. The lowest BCUT2D eigenvalue weighted by Gasteiger charge is -2.35. The van der Waals surface area contributed by atoms with Crippen LogP contribution in [0.1, 0.15) is 34.6 Å². The minimum absolute atomic E-state index is 0.00736. The van der Waals surface area contributed by atoms with Crippen LogP contribution >= 0.6 is 0 Å². The first-order valence-corrected chi connectivity index (χ1v) is 11.1. The van der Waals surface area contributed by atoms with Gasteiger partial charge in [0, 0.05) is 23.7 Å². The number of H-pyrrole nitrogens is 1. The Balaban J connectivity index is 1.60. The van der Waals surface area contributed by atoms with Crippen LogP contribution < -0.4 is 10.2 Å². The van der Waals surface area contributed by atoms with Gasteiger partial charge in [0.15, 0.2) is 5.82 Å². The number of anilines is 1. The first kappa shape index (κ1) is 21.2. The molecule has 168 valence electrons. The molecule has 2 N–H and O–H groups in total. The fourth-order valence-electron chi connectivity index (χ4n) is 4.50. The number of aryl methyl sites for hydroxylation is 2. The van der Waals surface area contributed by atoms with Crippen LogP contribution in [0.15, 0.2) is 48.7 Å². The van der Waals surface area contributed by atoms with Gasteiger partial charge in [-0.25, -0.2) is 14.4 Å². The lowest BCUT2D eigenvalue weighted by molar-refractivity contribution is 0.0968. The van der Waals surface area contributed by atoms with Gasteiger partial charge in [0.05, 0.1) is 11.6 Å². The highest BCUT2D eigenvalue weighted by Gasteiger charge is 2.31. The van der Waals surface area contributed by atoms with E-state index >= 15 is 4.39 Å². The minimum atomic E-state index is -0.600. The Labute approximate surface area is 191 Å². The summed E-state index contributed by atoms with van der Waals surface area (Å²) in [6.07, 6.45) is 3.46. The fourth-order valence-corrected chi connectivity index (χ4v) is 4.50. The first-order chi connectivity index (χ1) is 16.0. The number of halogens is 1. The van der Waals surface area contributed by atoms with Gasteiger partial charge in [-0.1, -0.05) is 24.3 Å². The van der Waals surface area contributed by atoms with Crippen LogP contribution in [-0.2, 0) is 0 Å². The SMILES string of the molecule is Cc1n[nH]c(-c2ccc(C(=O)N(c3nccc4cccc(C)c34)[C@@H]3CCCNC3)c(F)c2)n1. The molecule has 1 saturated heterocycles. The van der Waals surface area contributed by atoms with Crippen molar-refractivity contribution in [1.82, 2.24) is 25.5 Å². The van der Waals surface area contributed by atoms with Crippen molar-refractivity contribution in [3.05, 3.63) is 71.4 Å². The molecule has 2 aromatic carbocycles. The van der Waals surface area contributed by atoms with E-state index in [9.17, 15) is 4.79 Å². The second kappa shape index (κ2) is 8.71. The summed E-state index contributed by atoms with van der Waals surface area (Å²) < 4.78 is 15.3. The van der Waals surface area contributed by atoms with Crippen LogP contribution in [0.25, 0.3) is 22.2 Å². The van der Waals surface area contributed by atoms with Crippen molar-refractivity contribution in [3.63, 3.8) is 0 Å². The average Bonchev–Trinajstić information content (AvgIpc) is 3.26. The third-order valence-electron chi connectivity index (χ3n) is 6.13. The highest BCUT2D eigenvalue weighted by Crippen LogP contribution is 2.32. The predicted molar refractivity (Wildman–Crippen MR) is 126 cm³/mol. The normalized spacial score (nSPS) is 16.2. The van der Waals surface area contributed by atoms with Gasteiger partial charge in [0.1, 0.15) is 17.5 Å². The number of hydrogen-bond donors (Lipinski definition) is 2. The van der Waals surface area contributed by atoms with Crippen LogP contribution in [0.3, 0.4) is 0 Å². The number of carbonyl (C=O) groups is 1. The Morgan fingerprint density at radius 2 is 2.06 bits per heavy atom. The van der Waals surface area contributed by atoms with Crippen LogP contribution in [0.4, 0.5) is 10.2 Å². The fraction of sp³-hybridized carbons (Fsp3) is 0.280. The number of aromatic nitrogens is 4. The van der Waals surface area contributed by atoms with Crippen molar-refractivity contribution in [2.45, 2.75) is 32.7 Å². The van der Waals surface area contributed by atoms with Gasteiger partial charge in [0.2, 0.25) is 0 Å². The average molecular weight is 445 g/mol. The largest absolute Gasteiger partial charge is 0.315 e. The van der Waals surface area contributed by atoms with E-state index in [-0.39, 0.29) is 11.6 Å². The first-order valence-electron chi connectivity index (χ1n) is 11.1. The smallest absolute Gasteiger partial charge is 0.262 e. The van der Waals surface area contributed by atoms with E-state index in [4.69, 9.17) is 0 Å². The number of fused-ring (bicyclic) bond motifs is 1. The summed E-state index contributed by atoms with van der Waals surface area (Å²) in [5.74, 6) is 0.602. The molecule has 7 nitrogen and oxygen atoms in total. The van der Waals surface area contributed by atoms with Crippen molar-refractivity contribution in [1.29, 1.82) is 0 Å². The number of hydrogen-bond acceptors (Lipinski definition) is 5. The number of nitrogens with one attached hydrogen (secondary N) is 2. The molecule has 0 radical (unpaired) electrons. The van der Waals surface area contributed by atoms with Crippen molar-refractivity contribution >= 4 is 22.5 Å². The minimum Gasteiger partial charge on any atom is -0.315 e. The number of rotatable bonds is 4. The van der Waals surface area contributed by atoms with Crippen molar-refractivity contribution in [2.24, 2.45) is 0 Å². The van der Waals surface area contributed by atoms with E-state index in [0.29, 0.717) is 29.6 Å². The van der Waals surface area contributed by atoms with Crippen LogP contribution in [0.5, 0.6) is 0 Å². The van der Waals surface area contributed by atoms with Crippen LogP contribution in [-0.4, -0.2) is 45.2 Å². The Kier molecular flexibility index (Phi) is 5.60. The molecule has 1 amide bonds. The Bertz CT molecular complexity index is 1320. The molecule has 0 bridgehead atoms. The molecule has 1 aliphatic heterocycles. The molecular formula is C25H25FN6O. The summed E-state index contributed by atoms with van der Waals surface area (Å²) in [4.78, 5) is 24.4. The zero-order valence-corrected chi connectivity index (χ0v) is 18.6. The molecular weight excluding hydrogens is 419 g/mol. The lowest BCUT2D eigenvalue weighted by Crippen LogP contribution is -2.49. The molecule has 5 rings (SSSR count). The number of nitrogens with zero attached hydrogens (tertiary/aromatic N) is 4. The highest BCUT2D eigenvalue weighted by molar-refractivity contribution is 6.11. The van der Waals surface area contributed by atoms with Crippen molar-refractivity contribution in [2.75, 3.05) is 18.0 Å². The summed E-state index contributed by atoms with van der Waals surface area (Å²) in [7, 11) is 0. The van der Waals surface area contributed by atoms with Gasteiger partial charge in [-0.15, -0.1) is 0 Å². The van der Waals surface area contributed by atoms with E-state index in [2.05, 4.69) is 25.5 Å². The molecule has 2 aromatic heterocycles. The quantitative estimate of drug-likeness (QED) is 0.493. The molecule has 0 unspecified atom stereocenters. The maximum Gasteiger partial charge on any atom is 0.262 e. The van der Waals surface area contributed by atoms with Crippen LogP contribution in [0.2, 0.25) is 0 Å². The second-order valence-electron chi connectivity index (χ2n) is 8.41. The second-order valence-corrected chi connectivity index (χ2v) is 8.41. The maximum absolute atomic E-state index is 15.3.